The molecule has 1 aromatic rings. The first-order valence-electron chi connectivity index (χ1n) is 10.1. The highest BCUT2D eigenvalue weighted by molar-refractivity contribution is 7.99. The lowest BCUT2D eigenvalue weighted by Crippen LogP contribution is -2.42. The van der Waals surface area contributed by atoms with Gasteiger partial charge in [0.05, 0.1) is 13.0 Å². The molecule has 0 aliphatic carbocycles. The van der Waals surface area contributed by atoms with Crippen molar-refractivity contribution in [2.45, 2.75) is 25.5 Å². The summed E-state index contributed by atoms with van der Waals surface area (Å²) < 4.78 is 10.7. The smallest absolute Gasteiger partial charge is 0.308 e. The molecule has 0 bridgehead atoms. The van der Waals surface area contributed by atoms with Crippen molar-refractivity contribution in [2.75, 3.05) is 57.9 Å². The standard InChI is InChI=1S/C21H32N2O4S/c1-26-21(25)18-5-7-22(8-6-18)15-19(24)16-27-20-4-2-3-17(13-20)14-23-9-11-28-12-10-23/h2-4,13,18-19,24H,5-12,14-16H2,1H3. The molecular weight excluding hydrogens is 376 g/mol. The predicted molar refractivity (Wildman–Crippen MR) is 112 cm³/mol. The Hall–Kier alpha value is -1.28. The van der Waals surface area contributed by atoms with E-state index in [1.54, 1.807) is 0 Å². The lowest BCUT2D eigenvalue weighted by Gasteiger charge is -2.31. The van der Waals surface area contributed by atoms with Crippen LogP contribution in [0.5, 0.6) is 5.75 Å². The molecule has 0 saturated carbocycles. The van der Waals surface area contributed by atoms with Crippen molar-refractivity contribution >= 4 is 17.7 Å². The Morgan fingerprint density at radius 1 is 1.21 bits per heavy atom. The number of piperidine rings is 1. The molecule has 2 saturated heterocycles. The molecule has 0 radical (unpaired) electrons. The Labute approximate surface area is 172 Å². The highest BCUT2D eigenvalue weighted by Gasteiger charge is 2.26. The number of carbonyl (C=O) groups is 1. The van der Waals surface area contributed by atoms with E-state index in [0.29, 0.717) is 6.54 Å². The minimum atomic E-state index is -0.544. The molecule has 1 unspecified atom stereocenters. The molecule has 1 atom stereocenters. The van der Waals surface area contributed by atoms with Gasteiger partial charge in [0.1, 0.15) is 18.5 Å². The normalized spacial score (nSPS) is 20.6. The van der Waals surface area contributed by atoms with Crippen LogP contribution in [0.1, 0.15) is 18.4 Å². The fourth-order valence-corrected chi connectivity index (χ4v) is 4.79. The van der Waals surface area contributed by atoms with Crippen molar-refractivity contribution in [1.82, 2.24) is 9.80 Å². The Balaban J connectivity index is 1.39. The van der Waals surface area contributed by atoms with Gasteiger partial charge in [0, 0.05) is 37.7 Å². The van der Waals surface area contributed by atoms with Crippen molar-refractivity contribution in [3.63, 3.8) is 0 Å². The molecule has 7 heteroatoms. The van der Waals surface area contributed by atoms with Gasteiger partial charge >= 0.3 is 5.97 Å². The van der Waals surface area contributed by atoms with E-state index in [4.69, 9.17) is 9.47 Å². The summed E-state index contributed by atoms with van der Waals surface area (Å²) in [6.07, 6.45) is 1.03. The van der Waals surface area contributed by atoms with Gasteiger partial charge in [-0.3, -0.25) is 9.69 Å². The summed E-state index contributed by atoms with van der Waals surface area (Å²) in [5.74, 6) is 3.10. The van der Waals surface area contributed by atoms with Crippen LogP contribution in [0.2, 0.25) is 0 Å². The lowest BCUT2D eigenvalue weighted by molar-refractivity contribution is -0.147. The van der Waals surface area contributed by atoms with Crippen LogP contribution in [0.25, 0.3) is 0 Å². The molecular formula is C21H32N2O4S. The van der Waals surface area contributed by atoms with E-state index in [9.17, 15) is 9.90 Å². The number of aliphatic hydroxyl groups excluding tert-OH is 1. The Morgan fingerprint density at radius 3 is 2.68 bits per heavy atom. The Bertz CT molecular complexity index is 616. The van der Waals surface area contributed by atoms with E-state index in [-0.39, 0.29) is 18.5 Å². The van der Waals surface area contributed by atoms with Crippen molar-refractivity contribution < 1.29 is 19.4 Å². The van der Waals surface area contributed by atoms with E-state index in [1.165, 1.54) is 24.2 Å². The zero-order valence-corrected chi connectivity index (χ0v) is 17.5. The molecule has 1 aromatic carbocycles. The quantitative estimate of drug-likeness (QED) is 0.659. The largest absolute Gasteiger partial charge is 0.491 e. The molecule has 3 rings (SSSR count). The predicted octanol–water partition coefficient (Wildman–Crippen LogP) is 1.86. The van der Waals surface area contributed by atoms with E-state index < -0.39 is 6.10 Å². The first-order chi connectivity index (χ1) is 13.6. The van der Waals surface area contributed by atoms with Gasteiger partial charge < -0.3 is 19.5 Å². The monoisotopic (exact) mass is 408 g/mol. The topological polar surface area (TPSA) is 62.2 Å². The van der Waals surface area contributed by atoms with Gasteiger partial charge in [-0.2, -0.15) is 11.8 Å². The average Bonchev–Trinajstić information content (AvgIpc) is 2.73. The fourth-order valence-electron chi connectivity index (χ4n) is 3.81. The maximum absolute atomic E-state index is 11.6. The van der Waals surface area contributed by atoms with Gasteiger partial charge in [-0.15, -0.1) is 0 Å². The van der Waals surface area contributed by atoms with Crippen LogP contribution in [-0.2, 0) is 16.1 Å². The maximum atomic E-state index is 11.6. The van der Waals surface area contributed by atoms with Gasteiger partial charge in [0.15, 0.2) is 0 Å². The SMILES string of the molecule is COC(=O)C1CCN(CC(O)COc2cccc(CN3CCSCC3)c2)CC1. The van der Waals surface area contributed by atoms with Crippen LogP contribution in [0.4, 0.5) is 0 Å². The van der Waals surface area contributed by atoms with Crippen molar-refractivity contribution in [3.8, 4) is 5.75 Å². The van der Waals surface area contributed by atoms with Crippen molar-refractivity contribution in [2.24, 2.45) is 5.92 Å². The zero-order valence-electron chi connectivity index (χ0n) is 16.7. The highest BCUT2D eigenvalue weighted by atomic mass is 32.2. The number of ether oxygens (including phenoxy) is 2. The van der Waals surface area contributed by atoms with Crippen LogP contribution in [0.15, 0.2) is 24.3 Å². The van der Waals surface area contributed by atoms with Gasteiger partial charge in [0.25, 0.3) is 0 Å². The summed E-state index contributed by atoms with van der Waals surface area (Å²) in [5, 5.41) is 10.3. The Morgan fingerprint density at radius 2 is 1.96 bits per heavy atom. The second-order valence-electron chi connectivity index (χ2n) is 7.60. The summed E-state index contributed by atoms with van der Waals surface area (Å²) in [6, 6.07) is 8.18. The van der Waals surface area contributed by atoms with Gasteiger partial charge in [-0.05, 0) is 43.6 Å². The number of carbonyl (C=O) groups excluding carboxylic acids is 1. The molecule has 2 aliphatic heterocycles. The van der Waals surface area contributed by atoms with E-state index in [2.05, 4.69) is 21.9 Å². The molecule has 1 N–H and O–H groups in total. The minimum absolute atomic E-state index is 0.00381. The first kappa shape index (κ1) is 21.4. The van der Waals surface area contributed by atoms with Gasteiger partial charge in [-0.25, -0.2) is 0 Å². The lowest BCUT2D eigenvalue weighted by atomic mass is 9.97. The summed E-state index contributed by atoms with van der Waals surface area (Å²) >= 11 is 2.02. The molecule has 156 valence electrons. The fraction of sp³-hybridized carbons (Fsp3) is 0.667. The third-order valence-electron chi connectivity index (χ3n) is 5.44. The van der Waals surface area contributed by atoms with Crippen LogP contribution >= 0.6 is 11.8 Å². The summed E-state index contributed by atoms with van der Waals surface area (Å²) in [5.41, 5.74) is 1.25. The third-order valence-corrected chi connectivity index (χ3v) is 6.38. The number of rotatable bonds is 8. The number of β-amino-alcohol motifs (C(OH)–C–C–N with tert-alkyl or cyclic N) is 1. The zero-order chi connectivity index (χ0) is 19.8. The van der Waals surface area contributed by atoms with Crippen molar-refractivity contribution in [1.29, 1.82) is 0 Å². The van der Waals surface area contributed by atoms with Crippen molar-refractivity contribution in [3.05, 3.63) is 29.8 Å². The molecule has 2 heterocycles. The van der Waals surface area contributed by atoms with E-state index in [0.717, 1.165) is 51.3 Å². The molecule has 2 fully saturated rings. The Kier molecular flexibility index (Phi) is 8.45. The molecule has 6 nitrogen and oxygen atoms in total. The number of benzene rings is 1. The minimum Gasteiger partial charge on any atom is -0.491 e. The third kappa shape index (κ3) is 6.65. The number of thioether (sulfide) groups is 1. The van der Waals surface area contributed by atoms with E-state index in [1.807, 2.05) is 23.9 Å². The highest BCUT2D eigenvalue weighted by Crippen LogP contribution is 2.20. The molecule has 0 aromatic heterocycles. The molecule has 0 spiro atoms. The number of esters is 1. The van der Waals surface area contributed by atoms with Crippen LogP contribution in [0.3, 0.4) is 0 Å². The summed E-state index contributed by atoms with van der Waals surface area (Å²) in [6.45, 7) is 5.69. The van der Waals surface area contributed by atoms with E-state index >= 15 is 0 Å². The second-order valence-corrected chi connectivity index (χ2v) is 8.82. The maximum Gasteiger partial charge on any atom is 0.308 e. The molecule has 0 amide bonds. The molecule has 2 aliphatic rings. The number of methoxy groups -OCH3 is 1. The number of likely N-dealkylation sites (tertiary alicyclic amines) is 1. The van der Waals surface area contributed by atoms with Crippen LogP contribution in [-0.4, -0.2) is 84.9 Å². The second kappa shape index (κ2) is 11.0. The number of hydrogen-bond acceptors (Lipinski definition) is 7. The molecule has 28 heavy (non-hydrogen) atoms. The average molecular weight is 409 g/mol. The van der Waals surface area contributed by atoms with Crippen LogP contribution < -0.4 is 4.74 Å². The first-order valence-corrected chi connectivity index (χ1v) is 11.3. The number of hydrogen-bond donors (Lipinski definition) is 1. The van der Waals surface area contributed by atoms with Gasteiger partial charge in [0.2, 0.25) is 0 Å². The summed E-state index contributed by atoms with van der Waals surface area (Å²) in [7, 11) is 1.44. The van der Waals surface area contributed by atoms with Gasteiger partial charge in [-0.1, -0.05) is 12.1 Å². The number of aliphatic hydroxyl groups is 1. The van der Waals surface area contributed by atoms with Crippen LogP contribution in [0, 0.1) is 5.92 Å². The summed E-state index contributed by atoms with van der Waals surface area (Å²) in [4.78, 5) is 16.3. The number of nitrogens with zero attached hydrogens (tertiary/aromatic N) is 2.